The maximum Gasteiger partial charge on any atom is 0.134 e. The highest BCUT2D eigenvalue weighted by atomic mass is 35.5. The summed E-state index contributed by atoms with van der Waals surface area (Å²) in [6, 6.07) is 4.45. The summed E-state index contributed by atoms with van der Waals surface area (Å²) in [5, 5.41) is 17.6. The highest BCUT2D eigenvalue weighted by molar-refractivity contribution is 6.32. The molecule has 0 unspecified atom stereocenters. The van der Waals surface area contributed by atoms with Crippen LogP contribution in [-0.2, 0) is 0 Å². The minimum absolute atomic E-state index is 0.0206. The molecular weight excluding hydrogens is 152 g/mol. The van der Waals surface area contributed by atoms with Gasteiger partial charge in [-0.2, -0.15) is 0 Å². The van der Waals surface area contributed by atoms with Gasteiger partial charge in [0.25, 0.3) is 0 Å². The monoisotopic (exact) mass is 157 g/mol. The van der Waals surface area contributed by atoms with Gasteiger partial charge in [0.2, 0.25) is 0 Å². The Morgan fingerprint density at radius 3 is 2.60 bits per heavy atom. The predicted molar refractivity (Wildman–Crippen MR) is 38.5 cm³/mol. The molecule has 0 bridgehead atoms. The lowest BCUT2D eigenvalue weighted by atomic mass is 10.2. The van der Waals surface area contributed by atoms with Crippen LogP contribution < -0.4 is 0 Å². The first kappa shape index (κ1) is 7.38. The fourth-order valence-electron chi connectivity index (χ4n) is 0.603. The Morgan fingerprint density at radius 2 is 2.10 bits per heavy atom. The van der Waals surface area contributed by atoms with Crippen LogP contribution in [0.4, 0.5) is 0 Å². The lowest BCUT2D eigenvalue weighted by molar-refractivity contribution is 0.414. The SMILES string of the molecule is O[CH]c1ccc(O)c(Cl)c1. The van der Waals surface area contributed by atoms with Crippen molar-refractivity contribution >= 4 is 11.6 Å². The van der Waals surface area contributed by atoms with Crippen LogP contribution in [0.15, 0.2) is 18.2 Å². The van der Waals surface area contributed by atoms with Gasteiger partial charge in [0.05, 0.1) is 5.02 Å². The average molecular weight is 158 g/mol. The van der Waals surface area contributed by atoms with Gasteiger partial charge in [0.15, 0.2) is 0 Å². The summed E-state index contributed by atoms with van der Waals surface area (Å²) in [5.74, 6) is 0.0206. The van der Waals surface area contributed by atoms with Crippen molar-refractivity contribution in [2.24, 2.45) is 0 Å². The van der Waals surface area contributed by atoms with E-state index in [9.17, 15) is 0 Å². The Kier molecular flexibility index (Phi) is 2.14. The molecule has 0 saturated carbocycles. The normalized spacial score (nSPS) is 9.80. The molecule has 0 amide bonds. The molecule has 0 aliphatic rings. The second-order valence-corrected chi connectivity index (χ2v) is 2.25. The number of aliphatic hydroxyl groups excluding tert-OH is 1. The van der Waals surface area contributed by atoms with E-state index in [1.165, 1.54) is 12.1 Å². The van der Waals surface area contributed by atoms with Crippen LogP contribution in [0.2, 0.25) is 5.02 Å². The van der Waals surface area contributed by atoms with Crippen LogP contribution in [-0.4, -0.2) is 10.2 Å². The van der Waals surface area contributed by atoms with Gasteiger partial charge < -0.3 is 10.2 Å². The Hall–Kier alpha value is -0.730. The van der Waals surface area contributed by atoms with Crippen LogP contribution in [0, 0.1) is 6.61 Å². The molecule has 0 aromatic heterocycles. The van der Waals surface area contributed by atoms with Gasteiger partial charge in [0.1, 0.15) is 12.4 Å². The summed E-state index contributed by atoms with van der Waals surface area (Å²) in [6.45, 7) is 0.922. The number of aromatic hydroxyl groups is 1. The number of rotatable bonds is 1. The molecule has 2 N–H and O–H groups in total. The lowest BCUT2D eigenvalue weighted by Crippen LogP contribution is -1.78. The van der Waals surface area contributed by atoms with Crippen LogP contribution in [0.3, 0.4) is 0 Å². The molecule has 10 heavy (non-hydrogen) atoms. The molecule has 0 saturated heterocycles. The summed E-state index contributed by atoms with van der Waals surface area (Å²) < 4.78 is 0. The third-order valence-electron chi connectivity index (χ3n) is 1.12. The first-order valence-electron chi connectivity index (χ1n) is 2.70. The zero-order valence-electron chi connectivity index (χ0n) is 5.08. The standard InChI is InChI=1S/C7H6ClO2/c8-6-3-5(4-9)1-2-7(6)10/h1-4,9-10H. The third kappa shape index (κ3) is 1.40. The average Bonchev–Trinajstić information content (AvgIpc) is 1.95. The van der Waals surface area contributed by atoms with Crippen LogP contribution in [0.1, 0.15) is 5.56 Å². The van der Waals surface area contributed by atoms with Gasteiger partial charge in [-0.25, -0.2) is 0 Å². The summed E-state index contributed by atoms with van der Waals surface area (Å²) in [4.78, 5) is 0. The van der Waals surface area contributed by atoms with E-state index in [2.05, 4.69) is 0 Å². The largest absolute Gasteiger partial charge is 0.506 e. The molecule has 3 heteroatoms. The van der Waals surface area contributed by atoms with Crippen molar-refractivity contribution in [3.8, 4) is 5.75 Å². The van der Waals surface area contributed by atoms with Crippen LogP contribution in [0.5, 0.6) is 5.75 Å². The molecular formula is C7H6ClO2. The fraction of sp³-hybridized carbons (Fsp3) is 0. The summed E-state index contributed by atoms with van der Waals surface area (Å²) >= 11 is 5.51. The molecule has 0 aliphatic carbocycles. The van der Waals surface area contributed by atoms with Crippen LogP contribution >= 0.6 is 11.6 Å². The molecule has 0 aliphatic heterocycles. The second kappa shape index (κ2) is 2.90. The number of benzene rings is 1. The van der Waals surface area contributed by atoms with Gasteiger partial charge in [-0.3, -0.25) is 0 Å². The van der Waals surface area contributed by atoms with Crippen molar-refractivity contribution in [2.75, 3.05) is 0 Å². The number of hydrogen-bond donors (Lipinski definition) is 2. The lowest BCUT2D eigenvalue weighted by Gasteiger charge is -1.97. The fourth-order valence-corrected chi connectivity index (χ4v) is 0.792. The minimum atomic E-state index is 0.0206. The van der Waals surface area contributed by atoms with E-state index >= 15 is 0 Å². The van der Waals surface area contributed by atoms with Gasteiger partial charge in [-0.05, 0) is 17.7 Å². The minimum Gasteiger partial charge on any atom is -0.506 e. The first-order chi connectivity index (χ1) is 4.74. The number of phenolic OH excluding ortho intramolecular Hbond substituents is 1. The van der Waals surface area contributed by atoms with E-state index in [-0.39, 0.29) is 10.8 Å². The summed E-state index contributed by atoms with van der Waals surface area (Å²) in [7, 11) is 0. The van der Waals surface area contributed by atoms with Crippen molar-refractivity contribution in [1.29, 1.82) is 0 Å². The Morgan fingerprint density at radius 1 is 1.40 bits per heavy atom. The Bertz CT molecular complexity index is 235. The Balaban J connectivity index is 3.04. The van der Waals surface area contributed by atoms with E-state index in [1.54, 1.807) is 6.07 Å². The molecule has 0 fully saturated rings. The number of hydrogen-bond acceptors (Lipinski definition) is 2. The second-order valence-electron chi connectivity index (χ2n) is 1.84. The van der Waals surface area contributed by atoms with E-state index in [0.29, 0.717) is 5.56 Å². The maximum absolute atomic E-state index is 8.91. The number of aliphatic hydroxyl groups is 1. The molecule has 1 aromatic carbocycles. The third-order valence-corrected chi connectivity index (χ3v) is 1.42. The van der Waals surface area contributed by atoms with E-state index in [4.69, 9.17) is 21.8 Å². The molecule has 1 aromatic rings. The molecule has 0 heterocycles. The molecule has 1 radical (unpaired) electrons. The zero-order chi connectivity index (χ0) is 7.56. The Labute approximate surface area is 63.7 Å². The van der Waals surface area contributed by atoms with Crippen molar-refractivity contribution in [1.82, 2.24) is 0 Å². The molecule has 2 nitrogen and oxygen atoms in total. The maximum atomic E-state index is 8.91. The van der Waals surface area contributed by atoms with Crippen molar-refractivity contribution in [3.63, 3.8) is 0 Å². The topological polar surface area (TPSA) is 40.5 Å². The van der Waals surface area contributed by atoms with Gasteiger partial charge in [0, 0.05) is 0 Å². The van der Waals surface area contributed by atoms with Crippen molar-refractivity contribution < 1.29 is 10.2 Å². The van der Waals surface area contributed by atoms with E-state index in [0.717, 1.165) is 6.61 Å². The zero-order valence-corrected chi connectivity index (χ0v) is 5.84. The van der Waals surface area contributed by atoms with E-state index < -0.39 is 0 Å². The van der Waals surface area contributed by atoms with Crippen molar-refractivity contribution in [2.45, 2.75) is 0 Å². The van der Waals surface area contributed by atoms with Gasteiger partial charge in [-0.15, -0.1) is 0 Å². The quantitative estimate of drug-likeness (QED) is 0.654. The summed E-state index contributed by atoms with van der Waals surface area (Å²) in [5.41, 5.74) is 0.572. The first-order valence-corrected chi connectivity index (χ1v) is 3.08. The number of phenols is 1. The molecule has 0 atom stereocenters. The summed E-state index contributed by atoms with van der Waals surface area (Å²) in [6.07, 6.45) is 0. The van der Waals surface area contributed by atoms with Crippen LogP contribution in [0.25, 0.3) is 0 Å². The highest BCUT2D eigenvalue weighted by Gasteiger charge is 1.97. The van der Waals surface area contributed by atoms with Gasteiger partial charge in [-0.1, -0.05) is 17.7 Å². The molecule has 0 spiro atoms. The van der Waals surface area contributed by atoms with Crippen molar-refractivity contribution in [3.05, 3.63) is 35.4 Å². The highest BCUT2D eigenvalue weighted by Crippen LogP contribution is 2.23. The predicted octanol–water partition coefficient (Wildman–Crippen LogP) is 1.93. The van der Waals surface area contributed by atoms with Gasteiger partial charge >= 0.3 is 0 Å². The molecule has 53 valence electrons. The smallest absolute Gasteiger partial charge is 0.134 e. The number of halogens is 1. The van der Waals surface area contributed by atoms with E-state index in [1.807, 2.05) is 0 Å². The molecule has 1 rings (SSSR count).